The molecule has 1 amide bonds. The minimum absolute atomic E-state index is 0.169. The number of rotatable bonds is 6. The number of carboxylic acid groups (broad SMARTS) is 1. The van der Waals surface area contributed by atoms with Gasteiger partial charge in [-0.15, -0.1) is 0 Å². The summed E-state index contributed by atoms with van der Waals surface area (Å²) in [5, 5.41) is 9.86. The van der Waals surface area contributed by atoms with Gasteiger partial charge < -0.3 is 19.5 Å². The Morgan fingerprint density at radius 3 is 2.44 bits per heavy atom. The molecule has 0 aliphatic carbocycles. The van der Waals surface area contributed by atoms with E-state index in [-0.39, 0.29) is 17.2 Å². The minimum Gasteiger partial charge on any atom is -0.478 e. The predicted octanol–water partition coefficient (Wildman–Crippen LogP) is 5.98. The molecule has 1 heterocycles. The normalized spacial score (nSPS) is 12.9. The number of benzene rings is 3. The molecule has 176 valence electrons. The zero-order valence-electron chi connectivity index (χ0n) is 18.9. The van der Waals surface area contributed by atoms with Crippen LogP contribution in [0.2, 0.25) is 5.02 Å². The lowest BCUT2D eigenvalue weighted by atomic mass is 10.1. The summed E-state index contributed by atoms with van der Waals surface area (Å²) in [5.41, 5.74) is 1.40. The molecule has 3 aromatic rings. The molecular weight excluding hydrogens is 461 g/mol. The van der Waals surface area contributed by atoms with E-state index >= 15 is 0 Å². The van der Waals surface area contributed by atoms with E-state index < -0.39 is 17.4 Å². The van der Waals surface area contributed by atoms with Crippen LogP contribution in [0.25, 0.3) is 0 Å². The lowest BCUT2D eigenvalue weighted by Crippen LogP contribution is -2.38. The van der Waals surface area contributed by atoms with E-state index in [1.54, 1.807) is 36.1 Å². The lowest BCUT2D eigenvalue weighted by molar-refractivity contribution is -0.152. The third kappa shape index (κ3) is 4.99. The second kappa shape index (κ2) is 8.99. The fourth-order valence-corrected chi connectivity index (χ4v) is 3.88. The van der Waals surface area contributed by atoms with Gasteiger partial charge in [0.15, 0.2) is 5.60 Å². The maximum atomic E-state index is 14.4. The Labute approximate surface area is 201 Å². The van der Waals surface area contributed by atoms with E-state index in [0.717, 1.165) is 11.1 Å². The third-order valence-corrected chi connectivity index (χ3v) is 5.79. The molecule has 6 nitrogen and oxygen atoms in total. The number of halogens is 2. The first-order valence-electron chi connectivity index (χ1n) is 10.6. The molecule has 0 unspecified atom stereocenters. The Balaban J connectivity index is 1.51. The smallest absolute Gasteiger partial charge is 0.347 e. The first-order chi connectivity index (χ1) is 16.0. The molecule has 1 N–H and O–H groups in total. The molecule has 0 atom stereocenters. The summed E-state index contributed by atoms with van der Waals surface area (Å²) in [5.74, 6) is -1.04. The van der Waals surface area contributed by atoms with E-state index in [2.05, 4.69) is 0 Å². The Morgan fingerprint density at radius 1 is 1.00 bits per heavy atom. The van der Waals surface area contributed by atoms with Crippen LogP contribution in [0, 0.1) is 12.7 Å². The van der Waals surface area contributed by atoms with Gasteiger partial charge >= 0.3 is 5.97 Å². The van der Waals surface area contributed by atoms with Crippen LogP contribution < -0.4 is 9.47 Å². The molecule has 0 radical (unpaired) electrons. The van der Waals surface area contributed by atoms with E-state index in [0.29, 0.717) is 35.2 Å². The van der Waals surface area contributed by atoms with Crippen LogP contribution in [-0.4, -0.2) is 27.5 Å². The van der Waals surface area contributed by atoms with Crippen LogP contribution in [0.1, 0.15) is 40.9 Å². The molecule has 0 bridgehead atoms. The average Bonchev–Trinajstić information content (AvgIpc) is 3.17. The van der Waals surface area contributed by atoms with Crippen molar-refractivity contribution < 1.29 is 28.6 Å². The van der Waals surface area contributed by atoms with E-state index in [4.69, 9.17) is 21.1 Å². The summed E-state index contributed by atoms with van der Waals surface area (Å²) in [4.78, 5) is 26.0. The number of hydrogen-bond acceptors (Lipinski definition) is 4. The molecule has 0 spiro atoms. The van der Waals surface area contributed by atoms with Gasteiger partial charge in [-0.25, -0.2) is 9.18 Å². The van der Waals surface area contributed by atoms with Crippen molar-refractivity contribution in [3.8, 4) is 17.2 Å². The van der Waals surface area contributed by atoms with Gasteiger partial charge in [-0.05, 0) is 79.9 Å². The van der Waals surface area contributed by atoms with Gasteiger partial charge in [-0.2, -0.15) is 0 Å². The van der Waals surface area contributed by atoms with Gasteiger partial charge in [-0.1, -0.05) is 17.7 Å². The maximum Gasteiger partial charge on any atom is 0.347 e. The zero-order chi connectivity index (χ0) is 24.6. The van der Waals surface area contributed by atoms with Crippen molar-refractivity contribution in [2.24, 2.45) is 0 Å². The second-order valence-corrected chi connectivity index (χ2v) is 9.13. The quantitative estimate of drug-likeness (QED) is 0.467. The summed E-state index contributed by atoms with van der Waals surface area (Å²) in [6, 6.07) is 14.2. The molecule has 8 heteroatoms. The topological polar surface area (TPSA) is 76.1 Å². The van der Waals surface area contributed by atoms with Crippen LogP contribution in [-0.2, 0) is 17.9 Å². The van der Waals surface area contributed by atoms with Crippen molar-refractivity contribution in [3.63, 3.8) is 0 Å². The van der Waals surface area contributed by atoms with Crippen LogP contribution in [0.15, 0.2) is 54.6 Å². The number of carbonyl (C=O) groups excluding carboxylic acids is 1. The van der Waals surface area contributed by atoms with Gasteiger partial charge in [0, 0.05) is 29.7 Å². The first kappa shape index (κ1) is 23.6. The lowest BCUT2D eigenvalue weighted by Gasteiger charge is -2.23. The van der Waals surface area contributed by atoms with E-state index in [1.807, 2.05) is 12.1 Å². The van der Waals surface area contributed by atoms with E-state index in [9.17, 15) is 19.1 Å². The fourth-order valence-electron chi connectivity index (χ4n) is 3.69. The summed E-state index contributed by atoms with van der Waals surface area (Å²) >= 11 is 6.05. The molecule has 0 aromatic heterocycles. The number of carbonyl (C=O) groups is 2. The van der Waals surface area contributed by atoms with Crippen molar-refractivity contribution in [2.75, 3.05) is 0 Å². The predicted molar refractivity (Wildman–Crippen MR) is 125 cm³/mol. The second-order valence-electron chi connectivity index (χ2n) is 8.70. The molecule has 1 aliphatic rings. The number of aliphatic carboxylic acids is 1. The highest BCUT2D eigenvalue weighted by molar-refractivity contribution is 6.30. The summed E-state index contributed by atoms with van der Waals surface area (Å²) < 4.78 is 25.7. The average molecular weight is 484 g/mol. The summed E-state index contributed by atoms with van der Waals surface area (Å²) in [6.07, 6.45) is 0. The molecule has 1 aliphatic heterocycles. The van der Waals surface area contributed by atoms with Gasteiger partial charge in [-0.3, -0.25) is 4.79 Å². The number of amides is 1. The Kier molecular flexibility index (Phi) is 6.23. The molecule has 0 saturated heterocycles. The highest BCUT2D eigenvalue weighted by Gasteiger charge is 2.30. The zero-order valence-corrected chi connectivity index (χ0v) is 19.6. The molecule has 34 heavy (non-hydrogen) atoms. The molecule has 3 aromatic carbocycles. The van der Waals surface area contributed by atoms with Crippen molar-refractivity contribution >= 4 is 23.5 Å². The van der Waals surface area contributed by atoms with Crippen molar-refractivity contribution in [1.29, 1.82) is 0 Å². The highest BCUT2D eigenvalue weighted by atomic mass is 35.5. The number of ether oxygens (including phenoxy) is 2. The van der Waals surface area contributed by atoms with Gasteiger partial charge in [0.2, 0.25) is 0 Å². The highest BCUT2D eigenvalue weighted by Crippen LogP contribution is 2.32. The Morgan fingerprint density at radius 2 is 1.74 bits per heavy atom. The monoisotopic (exact) mass is 483 g/mol. The van der Waals surface area contributed by atoms with E-state index in [1.165, 1.54) is 32.0 Å². The number of aryl methyl sites for hydroxylation is 1. The molecule has 0 fully saturated rings. The van der Waals surface area contributed by atoms with Crippen LogP contribution in [0.3, 0.4) is 0 Å². The first-order valence-corrected chi connectivity index (χ1v) is 11.0. The maximum absolute atomic E-state index is 14.4. The van der Waals surface area contributed by atoms with Crippen LogP contribution >= 0.6 is 11.6 Å². The summed E-state index contributed by atoms with van der Waals surface area (Å²) in [6.45, 7) is 5.48. The van der Waals surface area contributed by atoms with Crippen LogP contribution in [0.4, 0.5) is 4.39 Å². The van der Waals surface area contributed by atoms with Gasteiger partial charge in [0.25, 0.3) is 5.91 Å². The molecule has 4 rings (SSSR count). The molecule has 0 saturated carbocycles. The van der Waals surface area contributed by atoms with Gasteiger partial charge in [0.05, 0.1) is 0 Å². The SMILES string of the molecule is Cc1cc(Oc2cc(F)cc(C(=O)N3Cc4ccc(Cl)cc4C3)c2)ccc1OC(C)(C)C(=O)O. The standard InChI is InChI=1S/C26H23ClFNO5/c1-15-8-21(6-7-23(15)34-26(2,3)25(31)32)33-22-11-17(10-20(28)12-22)24(30)29-13-16-4-5-19(27)9-18(16)14-29/h4-12H,13-14H2,1-3H3,(H,31,32). The number of fused-ring (bicyclic) bond motifs is 1. The van der Waals surface area contributed by atoms with Crippen molar-refractivity contribution in [3.05, 3.63) is 87.7 Å². The summed E-state index contributed by atoms with van der Waals surface area (Å²) in [7, 11) is 0. The minimum atomic E-state index is -1.40. The Bertz CT molecular complexity index is 1290. The van der Waals surface area contributed by atoms with Crippen LogP contribution in [0.5, 0.6) is 17.2 Å². The third-order valence-electron chi connectivity index (χ3n) is 5.56. The van der Waals surface area contributed by atoms with Crippen molar-refractivity contribution in [1.82, 2.24) is 4.90 Å². The largest absolute Gasteiger partial charge is 0.478 e. The van der Waals surface area contributed by atoms with Gasteiger partial charge in [0.1, 0.15) is 23.1 Å². The number of hydrogen-bond donors (Lipinski definition) is 1. The van der Waals surface area contributed by atoms with Crippen molar-refractivity contribution in [2.45, 2.75) is 39.5 Å². The fraction of sp³-hybridized carbons (Fsp3) is 0.231. The number of carboxylic acids is 1. The molecular formula is C26H23ClFNO5. The number of nitrogens with zero attached hydrogens (tertiary/aromatic N) is 1. The Hall–Kier alpha value is -3.58.